The van der Waals surface area contributed by atoms with E-state index in [1.54, 1.807) is 28.8 Å². The van der Waals surface area contributed by atoms with Gasteiger partial charge in [0.2, 0.25) is 5.91 Å². The van der Waals surface area contributed by atoms with E-state index in [2.05, 4.69) is 17.4 Å². The lowest BCUT2D eigenvalue weighted by Crippen LogP contribution is -2.34. The SMILES string of the molecule is O=C(Cn1c2c(sc1=O)[C@@H](c1ccc(Cl)cc1)[C@H]1[C@@H]3CC[C@H](C3)[C@H]1S2)Nc1ccc(Cl)cc1. The molecule has 6 rings (SSSR count). The zero-order valence-corrected chi connectivity index (χ0v) is 20.8. The maximum absolute atomic E-state index is 13.1. The summed E-state index contributed by atoms with van der Waals surface area (Å²) in [7, 11) is 0. The highest BCUT2D eigenvalue weighted by Crippen LogP contribution is 2.64. The number of nitrogens with one attached hydrogen (secondary N) is 1. The molecule has 1 aromatic heterocycles. The Balaban J connectivity index is 1.36. The van der Waals surface area contributed by atoms with Gasteiger partial charge in [-0.15, -0.1) is 11.8 Å². The maximum Gasteiger partial charge on any atom is 0.308 e. The third-order valence-electron chi connectivity index (χ3n) is 7.35. The molecule has 2 fully saturated rings. The van der Waals surface area contributed by atoms with Gasteiger partial charge < -0.3 is 5.32 Å². The van der Waals surface area contributed by atoms with Crippen molar-refractivity contribution in [3.05, 3.63) is 78.7 Å². The van der Waals surface area contributed by atoms with Crippen LogP contribution in [0.3, 0.4) is 0 Å². The number of carbonyl (C=O) groups is 1. The van der Waals surface area contributed by atoms with E-state index in [1.165, 1.54) is 36.2 Å². The van der Waals surface area contributed by atoms with Gasteiger partial charge in [-0.25, -0.2) is 0 Å². The van der Waals surface area contributed by atoms with Crippen molar-refractivity contribution in [1.29, 1.82) is 0 Å². The van der Waals surface area contributed by atoms with Gasteiger partial charge in [0, 0.05) is 31.8 Å². The van der Waals surface area contributed by atoms with Gasteiger partial charge in [0.1, 0.15) is 6.54 Å². The standard InChI is InChI=1S/C25H22Cl2N2O2S2/c26-16-5-3-13(4-6-16)20-21-14-1-2-15(11-14)22(21)32-24-23(20)33-25(31)29(24)12-19(30)28-18-9-7-17(27)8-10-18/h3-10,14-15,20-22H,1-2,11-12H2,(H,28,30)/t14-,15-,20+,21-,22-/m1/s1. The van der Waals surface area contributed by atoms with Crippen LogP contribution in [-0.4, -0.2) is 15.7 Å². The van der Waals surface area contributed by atoms with Gasteiger partial charge in [0.15, 0.2) is 0 Å². The number of amides is 1. The highest BCUT2D eigenvalue weighted by atomic mass is 35.5. The van der Waals surface area contributed by atoms with E-state index in [9.17, 15) is 9.59 Å². The van der Waals surface area contributed by atoms with Gasteiger partial charge in [-0.3, -0.25) is 14.2 Å². The number of fused-ring (bicyclic) bond motifs is 6. The number of thiazole rings is 1. The number of anilines is 1. The molecule has 3 aliphatic rings. The second-order valence-electron chi connectivity index (χ2n) is 9.20. The molecule has 4 nitrogen and oxygen atoms in total. The van der Waals surface area contributed by atoms with Crippen molar-refractivity contribution >= 4 is 57.9 Å². The largest absolute Gasteiger partial charge is 0.325 e. The van der Waals surface area contributed by atoms with Gasteiger partial charge in [-0.05, 0) is 79.0 Å². The number of nitrogens with zero attached hydrogens (tertiary/aromatic N) is 1. The molecule has 2 heterocycles. The van der Waals surface area contributed by atoms with Gasteiger partial charge in [0.25, 0.3) is 0 Å². The first-order valence-electron chi connectivity index (χ1n) is 11.2. The number of hydrogen-bond acceptors (Lipinski definition) is 4. The second-order valence-corrected chi connectivity index (χ2v) is 12.2. The predicted molar refractivity (Wildman–Crippen MR) is 136 cm³/mol. The molecule has 2 saturated carbocycles. The number of benzene rings is 2. The fourth-order valence-electron chi connectivity index (χ4n) is 6.01. The predicted octanol–water partition coefficient (Wildman–Crippen LogP) is 6.51. The van der Waals surface area contributed by atoms with Crippen LogP contribution >= 0.6 is 46.3 Å². The van der Waals surface area contributed by atoms with Crippen LogP contribution in [0.4, 0.5) is 5.69 Å². The Morgan fingerprint density at radius 3 is 2.39 bits per heavy atom. The molecule has 33 heavy (non-hydrogen) atoms. The van der Waals surface area contributed by atoms with Crippen LogP contribution in [0.2, 0.25) is 10.0 Å². The number of hydrogen-bond donors (Lipinski definition) is 1. The molecule has 1 amide bonds. The summed E-state index contributed by atoms with van der Waals surface area (Å²) < 4.78 is 1.68. The Morgan fingerprint density at radius 2 is 1.67 bits per heavy atom. The summed E-state index contributed by atoms with van der Waals surface area (Å²) in [6.45, 7) is 0.0130. The molecule has 1 N–H and O–H groups in total. The number of rotatable bonds is 4. The molecule has 5 atom stereocenters. The van der Waals surface area contributed by atoms with Crippen LogP contribution < -0.4 is 10.2 Å². The lowest BCUT2D eigenvalue weighted by atomic mass is 9.75. The van der Waals surface area contributed by atoms with E-state index in [4.69, 9.17) is 23.2 Å². The van der Waals surface area contributed by atoms with Gasteiger partial charge in [0.05, 0.1) is 5.03 Å². The summed E-state index contributed by atoms with van der Waals surface area (Å²) >= 11 is 15.3. The fraction of sp³-hybridized carbons (Fsp3) is 0.360. The molecular formula is C25H22Cl2N2O2S2. The van der Waals surface area contributed by atoms with Crippen LogP contribution in [0.1, 0.15) is 35.6 Å². The lowest BCUT2D eigenvalue weighted by Gasteiger charge is -2.40. The average molecular weight is 518 g/mol. The van der Waals surface area contributed by atoms with E-state index < -0.39 is 0 Å². The van der Waals surface area contributed by atoms with E-state index in [0.29, 0.717) is 33.7 Å². The molecule has 0 unspecified atom stereocenters. The minimum absolute atomic E-state index is 0.0130. The molecule has 3 aromatic rings. The van der Waals surface area contributed by atoms with Crippen molar-refractivity contribution in [3.8, 4) is 0 Å². The first-order chi connectivity index (χ1) is 16.0. The molecule has 2 aliphatic carbocycles. The van der Waals surface area contributed by atoms with E-state index in [1.807, 2.05) is 23.9 Å². The van der Waals surface area contributed by atoms with Gasteiger partial charge in [-0.1, -0.05) is 46.7 Å². The van der Waals surface area contributed by atoms with Crippen LogP contribution in [0.15, 0.2) is 58.4 Å². The molecule has 2 bridgehead atoms. The normalized spacial score (nSPS) is 27.3. The molecule has 2 aromatic carbocycles. The van der Waals surface area contributed by atoms with Crippen molar-refractivity contribution in [1.82, 2.24) is 4.57 Å². The third-order valence-corrected chi connectivity index (χ3v) is 10.7. The van der Waals surface area contributed by atoms with Crippen LogP contribution in [0.25, 0.3) is 0 Å². The first-order valence-corrected chi connectivity index (χ1v) is 13.6. The Bertz CT molecular complexity index is 1270. The van der Waals surface area contributed by atoms with E-state index in [0.717, 1.165) is 14.9 Å². The van der Waals surface area contributed by atoms with Crippen LogP contribution in [-0.2, 0) is 11.3 Å². The average Bonchev–Trinajstić information content (AvgIpc) is 3.49. The van der Waals surface area contributed by atoms with Crippen molar-refractivity contribution in [2.75, 3.05) is 5.32 Å². The molecule has 0 radical (unpaired) electrons. The summed E-state index contributed by atoms with van der Waals surface area (Å²) in [4.78, 5) is 27.0. The number of halogens is 2. The van der Waals surface area contributed by atoms with Crippen molar-refractivity contribution in [2.45, 2.75) is 42.0 Å². The summed E-state index contributed by atoms with van der Waals surface area (Å²) in [5, 5.41) is 5.69. The minimum Gasteiger partial charge on any atom is -0.325 e. The van der Waals surface area contributed by atoms with Crippen LogP contribution in [0, 0.1) is 17.8 Å². The molecular weight excluding hydrogens is 495 g/mol. The molecule has 0 saturated heterocycles. The Hall–Kier alpha value is -1.73. The quantitative estimate of drug-likeness (QED) is 0.430. The number of aromatic nitrogens is 1. The topological polar surface area (TPSA) is 51.1 Å². The summed E-state index contributed by atoms with van der Waals surface area (Å²) in [6.07, 6.45) is 3.83. The number of carbonyl (C=O) groups excluding carboxylic acids is 1. The Kier molecular flexibility index (Phi) is 5.60. The minimum atomic E-state index is -0.210. The zero-order chi connectivity index (χ0) is 22.7. The van der Waals surface area contributed by atoms with Crippen molar-refractivity contribution < 1.29 is 4.79 Å². The molecule has 8 heteroatoms. The van der Waals surface area contributed by atoms with Gasteiger partial charge >= 0.3 is 4.87 Å². The highest BCUT2D eigenvalue weighted by molar-refractivity contribution is 8.00. The zero-order valence-electron chi connectivity index (χ0n) is 17.7. The Labute approximate surface area is 210 Å². The van der Waals surface area contributed by atoms with Crippen LogP contribution in [0.5, 0.6) is 0 Å². The lowest BCUT2D eigenvalue weighted by molar-refractivity contribution is -0.116. The monoisotopic (exact) mass is 516 g/mol. The maximum atomic E-state index is 13.1. The second kappa shape index (κ2) is 8.49. The fourth-order valence-corrected chi connectivity index (χ4v) is 9.41. The summed E-state index contributed by atoms with van der Waals surface area (Å²) in [5.41, 5.74) is 1.89. The highest BCUT2D eigenvalue weighted by Gasteiger charge is 2.55. The number of thioether (sulfide) groups is 1. The van der Waals surface area contributed by atoms with E-state index in [-0.39, 0.29) is 23.2 Å². The van der Waals surface area contributed by atoms with E-state index >= 15 is 0 Å². The molecule has 0 spiro atoms. The first kappa shape index (κ1) is 21.8. The third kappa shape index (κ3) is 3.85. The Morgan fingerprint density at radius 1 is 1.00 bits per heavy atom. The van der Waals surface area contributed by atoms with Gasteiger partial charge in [-0.2, -0.15) is 0 Å². The summed E-state index contributed by atoms with van der Waals surface area (Å²) in [6, 6.07) is 15.1. The smallest absolute Gasteiger partial charge is 0.308 e. The molecule has 1 aliphatic heterocycles. The van der Waals surface area contributed by atoms with Crippen molar-refractivity contribution in [2.24, 2.45) is 17.8 Å². The molecule has 170 valence electrons. The van der Waals surface area contributed by atoms with Crippen molar-refractivity contribution in [3.63, 3.8) is 0 Å². The summed E-state index contributed by atoms with van der Waals surface area (Å²) in [5.74, 6) is 1.92.